The van der Waals surface area contributed by atoms with E-state index in [0.29, 0.717) is 53.1 Å². The van der Waals surface area contributed by atoms with Crippen molar-refractivity contribution in [2.45, 2.75) is 19.3 Å². The van der Waals surface area contributed by atoms with Crippen LogP contribution in [0, 0.1) is 11.7 Å². The van der Waals surface area contributed by atoms with Crippen molar-refractivity contribution in [1.82, 2.24) is 25.3 Å². The highest BCUT2D eigenvalue weighted by Gasteiger charge is 2.29. The summed E-state index contributed by atoms with van der Waals surface area (Å²) in [5.41, 5.74) is 4.32. The Morgan fingerprint density at radius 3 is 2.57 bits per heavy atom. The van der Waals surface area contributed by atoms with Gasteiger partial charge < -0.3 is 29.8 Å². The third-order valence-corrected chi connectivity index (χ3v) is 7.12. The van der Waals surface area contributed by atoms with Crippen LogP contribution in [0.2, 0.25) is 0 Å². The number of aromatic amines is 1. The number of ether oxygens (including phenoxy) is 3. The van der Waals surface area contributed by atoms with E-state index in [9.17, 15) is 9.18 Å². The van der Waals surface area contributed by atoms with E-state index in [1.165, 1.54) is 12.1 Å². The highest BCUT2D eigenvalue weighted by atomic mass is 19.1. The summed E-state index contributed by atoms with van der Waals surface area (Å²) < 4.78 is 30.9. The molecule has 1 fully saturated rings. The van der Waals surface area contributed by atoms with Crippen LogP contribution in [0.15, 0.2) is 91.1 Å². The third kappa shape index (κ3) is 7.08. The second kappa shape index (κ2) is 13.4. The Hall–Kier alpha value is -5.13. The Labute approximate surface area is 253 Å². The number of imidazole rings is 1. The Kier molecular flexibility index (Phi) is 8.85. The normalized spacial score (nSPS) is 16.3. The van der Waals surface area contributed by atoms with Crippen molar-refractivity contribution in [2.75, 3.05) is 25.6 Å². The molecule has 5 aromatic rings. The van der Waals surface area contributed by atoms with Gasteiger partial charge in [-0.1, -0.05) is 36.4 Å². The van der Waals surface area contributed by atoms with Crippen LogP contribution >= 0.6 is 0 Å². The molecular formula is C33H31FN6O4. The number of carbonyl (C=O) groups is 1. The largest absolute Gasteiger partial charge is 0.497 e. The summed E-state index contributed by atoms with van der Waals surface area (Å²) in [7, 11) is 1.61. The molecule has 1 aliphatic heterocycles. The molecule has 224 valence electrons. The van der Waals surface area contributed by atoms with E-state index in [-0.39, 0.29) is 24.9 Å². The summed E-state index contributed by atoms with van der Waals surface area (Å²) in [5.74, 6) is 0.810. The van der Waals surface area contributed by atoms with E-state index >= 15 is 0 Å². The summed E-state index contributed by atoms with van der Waals surface area (Å²) in [6.45, 7) is 0.907. The van der Waals surface area contributed by atoms with Crippen LogP contribution < -0.4 is 15.4 Å². The third-order valence-electron chi connectivity index (χ3n) is 7.12. The van der Waals surface area contributed by atoms with Crippen LogP contribution in [0.3, 0.4) is 0 Å². The van der Waals surface area contributed by atoms with E-state index in [1.807, 2.05) is 54.6 Å². The molecule has 0 radical (unpaired) electrons. The maximum absolute atomic E-state index is 13.7. The van der Waals surface area contributed by atoms with Crippen LogP contribution in [-0.2, 0) is 27.2 Å². The van der Waals surface area contributed by atoms with Gasteiger partial charge in [-0.05, 0) is 48.0 Å². The Morgan fingerprint density at radius 1 is 1.00 bits per heavy atom. The number of H-pyrrole nitrogens is 1. The molecule has 1 saturated heterocycles. The highest BCUT2D eigenvalue weighted by Crippen LogP contribution is 2.31. The summed E-state index contributed by atoms with van der Waals surface area (Å²) >= 11 is 0. The average Bonchev–Trinajstić information content (AvgIpc) is 3.48. The molecule has 0 bridgehead atoms. The molecule has 0 spiro atoms. The lowest BCUT2D eigenvalue weighted by molar-refractivity contribution is -0.201. The average molecular weight is 595 g/mol. The number of anilines is 2. The number of nitrogens with zero attached hydrogens (tertiary/aromatic N) is 3. The fourth-order valence-electron chi connectivity index (χ4n) is 4.81. The number of amides is 1. The SMILES string of the molecule is COc1cccc(Nc2nccc(-c3[nH]c(CC4OCC(C(=O)NCc5ccccc5)CO4)nc3-c3ccc(F)cc3)n2)c1. The minimum absolute atomic E-state index is 0.117. The molecule has 3 N–H and O–H groups in total. The molecule has 10 nitrogen and oxygen atoms in total. The molecule has 0 aliphatic carbocycles. The van der Waals surface area contributed by atoms with Gasteiger partial charge in [0.05, 0.1) is 49.7 Å². The minimum atomic E-state index is -0.594. The predicted molar refractivity (Wildman–Crippen MR) is 162 cm³/mol. The van der Waals surface area contributed by atoms with Gasteiger partial charge in [-0.2, -0.15) is 0 Å². The number of hydrogen-bond donors (Lipinski definition) is 3. The van der Waals surface area contributed by atoms with Crippen molar-refractivity contribution in [3.05, 3.63) is 108 Å². The summed E-state index contributed by atoms with van der Waals surface area (Å²) in [6.07, 6.45) is 1.37. The lowest BCUT2D eigenvalue weighted by Crippen LogP contribution is -2.42. The summed E-state index contributed by atoms with van der Waals surface area (Å²) in [6, 6.07) is 25.1. The van der Waals surface area contributed by atoms with Crippen LogP contribution in [0.5, 0.6) is 5.75 Å². The van der Waals surface area contributed by atoms with Crippen molar-refractivity contribution in [3.63, 3.8) is 0 Å². The topological polar surface area (TPSA) is 123 Å². The first-order valence-corrected chi connectivity index (χ1v) is 14.2. The number of halogens is 1. The molecule has 44 heavy (non-hydrogen) atoms. The molecule has 6 rings (SSSR count). The van der Waals surface area contributed by atoms with Gasteiger partial charge >= 0.3 is 0 Å². The molecule has 1 aliphatic rings. The Balaban J connectivity index is 1.16. The van der Waals surface area contributed by atoms with E-state index < -0.39 is 12.2 Å². The van der Waals surface area contributed by atoms with Crippen molar-refractivity contribution < 1.29 is 23.4 Å². The number of hydrogen-bond acceptors (Lipinski definition) is 8. The van der Waals surface area contributed by atoms with E-state index in [2.05, 4.69) is 20.6 Å². The molecule has 0 atom stereocenters. The van der Waals surface area contributed by atoms with Crippen molar-refractivity contribution in [2.24, 2.45) is 5.92 Å². The molecule has 11 heteroatoms. The first-order chi connectivity index (χ1) is 21.5. The molecule has 3 aromatic carbocycles. The Morgan fingerprint density at radius 2 is 1.80 bits per heavy atom. The van der Waals surface area contributed by atoms with Gasteiger partial charge in [-0.3, -0.25) is 4.79 Å². The van der Waals surface area contributed by atoms with Crippen molar-refractivity contribution in [1.29, 1.82) is 0 Å². The maximum Gasteiger partial charge on any atom is 0.228 e. The second-order valence-corrected chi connectivity index (χ2v) is 10.2. The number of nitrogens with one attached hydrogen (secondary N) is 3. The van der Waals surface area contributed by atoms with Gasteiger partial charge in [0.25, 0.3) is 0 Å². The second-order valence-electron chi connectivity index (χ2n) is 10.2. The van der Waals surface area contributed by atoms with Gasteiger partial charge in [0.15, 0.2) is 6.29 Å². The lowest BCUT2D eigenvalue weighted by atomic mass is 10.1. The molecule has 3 heterocycles. The zero-order valence-corrected chi connectivity index (χ0v) is 24.0. The van der Waals surface area contributed by atoms with E-state index in [0.717, 1.165) is 11.3 Å². The first-order valence-electron chi connectivity index (χ1n) is 14.2. The standard InChI is InChI=1S/C33H31FN6O4/c1-42-26-9-5-8-25(16-26)37-33-35-15-14-27(38-33)31-30(22-10-12-24(34)13-11-22)39-28(40-31)17-29-43-19-23(20-44-29)32(41)36-18-21-6-3-2-4-7-21/h2-16,23,29H,17-20H2,1H3,(H,36,41)(H,39,40)(H,35,37,38). The predicted octanol–water partition coefficient (Wildman–Crippen LogP) is 5.27. The first kappa shape index (κ1) is 29.0. The van der Waals surface area contributed by atoms with Crippen LogP contribution in [0.1, 0.15) is 11.4 Å². The molecule has 0 unspecified atom stereocenters. The minimum Gasteiger partial charge on any atom is -0.497 e. The monoisotopic (exact) mass is 594 g/mol. The number of rotatable bonds is 10. The van der Waals surface area contributed by atoms with Crippen LogP contribution in [0.4, 0.5) is 16.0 Å². The van der Waals surface area contributed by atoms with Gasteiger partial charge in [-0.15, -0.1) is 0 Å². The van der Waals surface area contributed by atoms with E-state index in [1.54, 1.807) is 31.5 Å². The quantitative estimate of drug-likeness (QED) is 0.200. The smallest absolute Gasteiger partial charge is 0.228 e. The van der Waals surface area contributed by atoms with Gasteiger partial charge in [0, 0.05) is 30.1 Å². The van der Waals surface area contributed by atoms with Gasteiger partial charge in [0.2, 0.25) is 11.9 Å². The molecular weight excluding hydrogens is 563 g/mol. The summed E-state index contributed by atoms with van der Waals surface area (Å²) in [4.78, 5) is 29.9. The number of benzene rings is 3. The molecule has 0 saturated carbocycles. The Bertz CT molecular complexity index is 1710. The van der Waals surface area contributed by atoms with Gasteiger partial charge in [0.1, 0.15) is 17.4 Å². The van der Waals surface area contributed by atoms with Crippen molar-refractivity contribution in [3.8, 4) is 28.4 Å². The maximum atomic E-state index is 13.7. The molecule has 2 aromatic heterocycles. The number of aromatic nitrogens is 4. The highest BCUT2D eigenvalue weighted by molar-refractivity contribution is 5.79. The summed E-state index contributed by atoms with van der Waals surface area (Å²) in [5, 5.41) is 6.14. The number of methoxy groups -OCH3 is 1. The number of carbonyl (C=O) groups excluding carboxylic acids is 1. The molecule has 1 amide bonds. The van der Waals surface area contributed by atoms with Crippen molar-refractivity contribution >= 4 is 17.5 Å². The lowest BCUT2D eigenvalue weighted by Gasteiger charge is -2.28. The van der Waals surface area contributed by atoms with E-state index in [4.69, 9.17) is 24.2 Å². The fraction of sp³-hybridized carbons (Fsp3) is 0.212. The zero-order valence-electron chi connectivity index (χ0n) is 24.0. The van der Waals surface area contributed by atoms with Gasteiger partial charge in [-0.25, -0.2) is 19.3 Å². The van der Waals surface area contributed by atoms with Crippen LogP contribution in [0.25, 0.3) is 22.6 Å². The van der Waals surface area contributed by atoms with Crippen LogP contribution in [-0.4, -0.2) is 52.5 Å². The fourth-order valence-corrected chi connectivity index (χ4v) is 4.81. The zero-order chi connectivity index (χ0) is 30.3.